The van der Waals surface area contributed by atoms with Gasteiger partial charge in [-0.05, 0) is 27.2 Å². The summed E-state index contributed by atoms with van der Waals surface area (Å²) in [7, 11) is 1.69. The Hall–Kier alpha value is -0.810. The van der Waals surface area contributed by atoms with Crippen LogP contribution in [0.2, 0.25) is 0 Å². The molecule has 0 spiro atoms. The van der Waals surface area contributed by atoms with E-state index < -0.39 is 5.60 Å². The molecule has 0 aromatic heterocycles. The average molecular weight is 244 g/mol. The van der Waals surface area contributed by atoms with Crippen LogP contribution in [-0.2, 0) is 9.47 Å². The lowest BCUT2D eigenvalue weighted by Crippen LogP contribution is -2.53. The van der Waals surface area contributed by atoms with Gasteiger partial charge in [0.25, 0.3) is 0 Å². The lowest BCUT2D eigenvalue weighted by molar-refractivity contribution is 0.0183. The minimum absolute atomic E-state index is 0.221. The number of piperazine rings is 1. The molecule has 1 N–H and O–H groups in total. The van der Waals surface area contributed by atoms with Crippen LogP contribution in [0.4, 0.5) is 4.79 Å². The van der Waals surface area contributed by atoms with Gasteiger partial charge < -0.3 is 19.7 Å². The van der Waals surface area contributed by atoms with Gasteiger partial charge in [-0.3, -0.25) is 0 Å². The smallest absolute Gasteiger partial charge is 0.410 e. The Morgan fingerprint density at radius 1 is 1.47 bits per heavy atom. The van der Waals surface area contributed by atoms with Gasteiger partial charge in [0, 0.05) is 39.4 Å². The van der Waals surface area contributed by atoms with Crippen molar-refractivity contribution in [3.8, 4) is 0 Å². The Morgan fingerprint density at radius 2 is 2.18 bits per heavy atom. The Morgan fingerprint density at radius 3 is 2.76 bits per heavy atom. The van der Waals surface area contributed by atoms with Gasteiger partial charge in [0.2, 0.25) is 0 Å². The molecule has 1 aliphatic heterocycles. The van der Waals surface area contributed by atoms with Crippen LogP contribution in [0.3, 0.4) is 0 Å². The number of amides is 1. The predicted molar refractivity (Wildman–Crippen MR) is 66.1 cm³/mol. The van der Waals surface area contributed by atoms with E-state index in [4.69, 9.17) is 9.47 Å². The topological polar surface area (TPSA) is 50.8 Å². The summed E-state index contributed by atoms with van der Waals surface area (Å²) in [5.74, 6) is 0. The number of ether oxygens (including phenoxy) is 2. The van der Waals surface area contributed by atoms with E-state index >= 15 is 0 Å². The van der Waals surface area contributed by atoms with Gasteiger partial charge in [-0.1, -0.05) is 0 Å². The van der Waals surface area contributed by atoms with Gasteiger partial charge in [-0.2, -0.15) is 0 Å². The summed E-state index contributed by atoms with van der Waals surface area (Å²) in [4.78, 5) is 13.6. The first-order chi connectivity index (χ1) is 7.92. The van der Waals surface area contributed by atoms with Gasteiger partial charge >= 0.3 is 6.09 Å². The fourth-order valence-corrected chi connectivity index (χ4v) is 1.77. The lowest BCUT2D eigenvalue weighted by Gasteiger charge is -2.34. The van der Waals surface area contributed by atoms with Crippen molar-refractivity contribution >= 4 is 6.09 Å². The quantitative estimate of drug-likeness (QED) is 0.811. The molecular weight excluding hydrogens is 220 g/mol. The Labute approximate surface area is 103 Å². The second-order valence-corrected chi connectivity index (χ2v) is 5.36. The van der Waals surface area contributed by atoms with Crippen molar-refractivity contribution in [2.45, 2.75) is 38.8 Å². The molecule has 0 bridgehead atoms. The van der Waals surface area contributed by atoms with Crippen LogP contribution < -0.4 is 5.32 Å². The highest BCUT2D eigenvalue weighted by molar-refractivity contribution is 5.68. The van der Waals surface area contributed by atoms with Crippen molar-refractivity contribution in [3.05, 3.63) is 0 Å². The number of rotatable bonds is 3. The van der Waals surface area contributed by atoms with E-state index in [9.17, 15) is 4.79 Å². The molecule has 0 aliphatic carbocycles. The third-order valence-electron chi connectivity index (χ3n) is 2.58. The maximum absolute atomic E-state index is 11.9. The molecule has 1 aliphatic rings. The van der Waals surface area contributed by atoms with E-state index in [0.717, 1.165) is 13.0 Å². The minimum atomic E-state index is -0.427. The van der Waals surface area contributed by atoms with E-state index in [1.807, 2.05) is 20.8 Å². The molecule has 0 aromatic carbocycles. The zero-order valence-electron chi connectivity index (χ0n) is 11.3. The van der Waals surface area contributed by atoms with Crippen LogP contribution in [-0.4, -0.2) is 56.0 Å². The number of nitrogens with zero attached hydrogens (tertiary/aromatic N) is 1. The molecule has 1 rings (SSSR count). The van der Waals surface area contributed by atoms with Crippen molar-refractivity contribution in [3.63, 3.8) is 0 Å². The van der Waals surface area contributed by atoms with Crippen LogP contribution in [0.25, 0.3) is 0 Å². The molecule has 0 saturated carbocycles. The molecular formula is C12H24N2O3. The third kappa shape index (κ3) is 5.37. The molecule has 1 saturated heterocycles. The van der Waals surface area contributed by atoms with E-state index in [1.165, 1.54) is 0 Å². The highest BCUT2D eigenvalue weighted by atomic mass is 16.6. The number of carbonyl (C=O) groups excluding carboxylic acids is 1. The number of hydrogen-bond acceptors (Lipinski definition) is 4. The SMILES string of the molecule is COCC[C@@H]1CN(C(=O)OC(C)(C)C)CCN1. The second kappa shape index (κ2) is 6.21. The maximum Gasteiger partial charge on any atom is 0.410 e. The van der Waals surface area contributed by atoms with Crippen LogP contribution in [0, 0.1) is 0 Å². The number of nitrogens with one attached hydrogen (secondary N) is 1. The molecule has 5 heteroatoms. The van der Waals surface area contributed by atoms with E-state index in [0.29, 0.717) is 25.7 Å². The van der Waals surface area contributed by atoms with Crippen LogP contribution in [0.15, 0.2) is 0 Å². The maximum atomic E-state index is 11.9. The average Bonchev–Trinajstić information content (AvgIpc) is 2.24. The molecule has 1 fully saturated rings. The molecule has 100 valence electrons. The fourth-order valence-electron chi connectivity index (χ4n) is 1.77. The van der Waals surface area contributed by atoms with E-state index in [2.05, 4.69) is 5.32 Å². The molecule has 5 nitrogen and oxygen atoms in total. The van der Waals surface area contributed by atoms with Gasteiger partial charge in [0.15, 0.2) is 0 Å². The molecule has 0 aromatic rings. The summed E-state index contributed by atoms with van der Waals surface area (Å²) in [6.45, 7) is 8.57. The monoisotopic (exact) mass is 244 g/mol. The van der Waals surface area contributed by atoms with Crippen LogP contribution >= 0.6 is 0 Å². The molecule has 0 radical (unpaired) electrons. The lowest BCUT2D eigenvalue weighted by atomic mass is 10.1. The summed E-state index contributed by atoms with van der Waals surface area (Å²) < 4.78 is 10.4. The Bertz CT molecular complexity index is 251. The number of carbonyl (C=O) groups is 1. The van der Waals surface area contributed by atoms with Crippen molar-refractivity contribution in [1.29, 1.82) is 0 Å². The van der Waals surface area contributed by atoms with Gasteiger partial charge in [0.1, 0.15) is 5.60 Å². The highest BCUT2D eigenvalue weighted by Crippen LogP contribution is 2.12. The first-order valence-electron chi connectivity index (χ1n) is 6.12. The van der Waals surface area contributed by atoms with Crippen molar-refractivity contribution in [2.75, 3.05) is 33.4 Å². The molecule has 0 unspecified atom stereocenters. The van der Waals surface area contributed by atoms with Crippen LogP contribution in [0.5, 0.6) is 0 Å². The first kappa shape index (κ1) is 14.3. The zero-order valence-corrected chi connectivity index (χ0v) is 11.3. The van der Waals surface area contributed by atoms with Crippen molar-refractivity contribution in [2.24, 2.45) is 0 Å². The molecule has 1 atom stereocenters. The summed E-state index contributed by atoms with van der Waals surface area (Å²) in [5, 5.41) is 3.37. The van der Waals surface area contributed by atoms with Gasteiger partial charge in [-0.15, -0.1) is 0 Å². The summed E-state index contributed by atoms with van der Waals surface area (Å²) >= 11 is 0. The molecule has 17 heavy (non-hydrogen) atoms. The highest BCUT2D eigenvalue weighted by Gasteiger charge is 2.26. The molecule has 1 amide bonds. The zero-order chi connectivity index (χ0) is 12.9. The largest absolute Gasteiger partial charge is 0.444 e. The van der Waals surface area contributed by atoms with Crippen molar-refractivity contribution < 1.29 is 14.3 Å². The summed E-state index contributed by atoms with van der Waals surface area (Å²) in [5.41, 5.74) is -0.427. The summed E-state index contributed by atoms with van der Waals surface area (Å²) in [6.07, 6.45) is 0.692. The first-order valence-corrected chi connectivity index (χ1v) is 6.12. The second-order valence-electron chi connectivity index (χ2n) is 5.36. The Kier molecular flexibility index (Phi) is 5.21. The van der Waals surface area contributed by atoms with E-state index in [1.54, 1.807) is 12.0 Å². The van der Waals surface area contributed by atoms with E-state index in [-0.39, 0.29) is 6.09 Å². The Balaban J connectivity index is 2.40. The third-order valence-corrected chi connectivity index (χ3v) is 2.58. The summed E-state index contributed by atoms with van der Waals surface area (Å²) in [6, 6.07) is 0.302. The normalized spacial score (nSPS) is 21.4. The fraction of sp³-hybridized carbons (Fsp3) is 0.917. The minimum Gasteiger partial charge on any atom is -0.444 e. The van der Waals surface area contributed by atoms with Gasteiger partial charge in [0.05, 0.1) is 0 Å². The standard InChI is InChI=1S/C12H24N2O3/c1-12(2,3)17-11(15)14-7-6-13-10(9-14)5-8-16-4/h10,13H,5-9H2,1-4H3/t10-/m1/s1. The predicted octanol–water partition coefficient (Wildman–Crippen LogP) is 1.23. The van der Waals surface area contributed by atoms with Crippen LogP contribution in [0.1, 0.15) is 27.2 Å². The number of hydrogen-bond donors (Lipinski definition) is 1. The molecule has 1 heterocycles. The van der Waals surface area contributed by atoms with Crippen molar-refractivity contribution in [1.82, 2.24) is 10.2 Å². The van der Waals surface area contributed by atoms with Gasteiger partial charge in [-0.25, -0.2) is 4.79 Å². The number of methoxy groups -OCH3 is 1.